The van der Waals surface area contributed by atoms with Gasteiger partial charge in [-0.05, 0) is 48.5 Å². The van der Waals surface area contributed by atoms with Crippen molar-refractivity contribution in [3.8, 4) is 28.9 Å². The molecular weight excluding hydrogens is 384 g/mol. The van der Waals surface area contributed by atoms with Gasteiger partial charge in [-0.25, -0.2) is 0 Å². The van der Waals surface area contributed by atoms with Crippen molar-refractivity contribution in [2.75, 3.05) is 0 Å². The number of nitrogens with zero attached hydrogens (tertiary/aromatic N) is 2. The van der Waals surface area contributed by atoms with Crippen molar-refractivity contribution in [2.24, 2.45) is 0 Å². The van der Waals surface area contributed by atoms with E-state index in [-0.39, 0.29) is 0 Å². The number of hydrogen-bond donors (Lipinski definition) is 0. The molecule has 0 aliphatic carbocycles. The minimum absolute atomic E-state index is 0.321. The summed E-state index contributed by atoms with van der Waals surface area (Å²) in [7, 11) is 0. The SMILES string of the molecule is Brc1ccc(OCc2ccc(-c3nnc(-c4ccccc4)o3)o2)cc1. The zero-order valence-corrected chi connectivity index (χ0v) is 14.6. The molecule has 124 valence electrons. The van der Waals surface area contributed by atoms with Gasteiger partial charge in [-0.2, -0.15) is 0 Å². The normalized spacial score (nSPS) is 10.8. The number of furan rings is 1. The Labute approximate surface area is 152 Å². The molecule has 6 heteroatoms. The molecule has 0 aliphatic rings. The summed E-state index contributed by atoms with van der Waals surface area (Å²) in [6, 6.07) is 20.9. The Morgan fingerprint density at radius 1 is 0.800 bits per heavy atom. The van der Waals surface area contributed by atoms with Crippen LogP contribution in [0.2, 0.25) is 0 Å². The van der Waals surface area contributed by atoms with E-state index in [9.17, 15) is 0 Å². The molecule has 0 amide bonds. The molecule has 2 aromatic carbocycles. The van der Waals surface area contributed by atoms with Crippen molar-refractivity contribution in [3.63, 3.8) is 0 Å². The van der Waals surface area contributed by atoms with Gasteiger partial charge in [-0.1, -0.05) is 34.1 Å². The van der Waals surface area contributed by atoms with Gasteiger partial charge < -0.3 is 13.6 Å². The highest BCUT2D eigenvalue weighted by Crippen LogP contribution is 2.26. The summed E-state index contributed by atoms with van der Waals surface area (Å²) in [6.07, 6.45) is 0. The Morgan fingerprint density at radius 2 is 1.56 bits per heavy atom. The van der Waals surface area contributed by atoms with Crippen molar-refractivity contribution in [3.05, 3.63) is 77.0 Å². The summed E-state index contributed by atoms with van der Waals surface area (Å²) in [6.45, 7) is 0.321. The monoisotopic (exact) mass is 396 g/mol. The molecule has 0 bridgehead atoms. The fraction of sp³-hybridized carbons (Fsp3) is 0.0526. The largest absolute Gasteiger partial charge is 0.486 e. The maximum Gasteiger partial charge on any atom is 0.283 e. The van der Waals surface area contributed by atoms with Crippen molar-refractivity contribution in [2.45, 2.75) is 6.61 Å². The summed E-state index contributed by atoms with van der Waals surface area (Å²) < 4.78 is 18.1. The number of halogens is 1. The first kappa shape index (κ1) is 15.7. The highest BCUT2D eigenvalue weighted by atomic mass is 79.9. The molecule has 0 radical (unpaired) electrons. The topological polar surface area (TPSA) is 61.3 Å². The van der Waals surface area contributed by atoms with E-state index in [1.54, 1.807) is 6.07 Å². The average Bonchev–Trinajstić information content (AvgIpc) is 3.31. The Kier molecular flexibility index (Phi) is 4.35. The quantitative estimate of drug-likeness (QED) is 0.455. The van der Waals surface area contributed by atoms with Gasteiger partial charge in [0.05, 0.1) is 0 Å². The first-order valence-electron chi connectivity index (χ1n) is 7.64. The smallest absolute Gasteiger partial charge is 0.283 e. The molecule has 0 saturated heterocycles. The fourth-order valence-electron chi connectivity index (χ4n) is 2.28. The molecule has 0 unspecified atom stereocenters. The molecule has 0 N–H and O–H groups in total. The Morgan fingerprint density at radius 3 is 2.36 bits per heavy atom. The Balaban J connectivity index is 1.46. The van der Waals surface area contributed by atoms with Crippen LogP contribution in [0.1, 0.15) is 5.76 Å². The van der Waals surface area contributed by atoms with E-state index in [2.05, 4.69) is 26.1 Å². The van der Waals surface area contributed by atoms with E-state index in [0.717, 1.165) is 15.8 Å². The van der Waals surface area contributed by atoms with Crippen molar-refractivity contribution in [1.29, 1.82) is 0 Å². The molecule has 0 atom stereocenters. The molecule has 0 saturated carbocycles. The number of ether oxygens (including phenoxy) is 1. The molecular formula is C19H13BrN2O3. The van der Waals surface area contributed by atoms with Gasteiger partial charge in [0.15, 0.2) is 5.76 Å². The van der Waals surface area contributed by atoms with Crippen molar-refractivity contribution in [1.82, 2.24) is 10.2 Å². The molecule has 0 fully saturated rings. The third kappa shape index (κ3) is 3.64. The third-order valence-corrected chi connectivity index (χ3v) is 4.04. The number of aromatic nitrogens is 2. The second-order valence-electron chi connectivity index (χ2n) is 5.29. The molecule has 4 aromatic rings. The van der Waals surface area contributed by atoms with Crippen LogP contribution in [-0.2, 0) is 6.61 Å². The average molecular weight is 397 g/mol. The second kappa shape index (κ2) is 6.94. The molecule has 4 rings (SSSR count). The number of benzene rings is 2. The third-order valence-electron chi connectivity index (χ3n) is 3.51. The van der Waals surface area contributed by atoms with Gasteiger partial charge >= 0.3 is 0 Å². The van der Waals surface area contributed by atoms with Crippen molar-refractivity contribution >= 4 is 15.9 Å². The molecule has 0 aliphatic heterocycles. The molecule has 2 heterocycles. The minimum atomic E-state index is 0.321. The first-order valence-corrected chi connectivity index (χ1v) is 8.43. The van der Waals surface area contributed by atoms with Crippen LogP contribution in [0.4, 0.5) is 0 Å². The lowest BCUT2D eigenvalue weighted by molar-refractivity contribution is 0.271. The maximum atomic E-state index is 5.73. The first-order chi connectivity index (χ1) is 12.3. The molecule has 2 aromatic heterocycles. The predicted molar refractivity (Wildman–Crippen MR) is 95.9 cm³/mol. The van der Waals surface area contributed by atoms with Gasteiger partial charge in [-0.3, -0.25) is 0 Å². The Hall–Kier alpha value is -2.86. The minimum Gasteiger partial charge on any atom is -0.486 e. The Bertz CT molecular complexity index is 962. The number of rotatable bonds is 5. The van der Waals surface area contributed by atoms with Gasteiger partial charge in [0.2, 0.25) is 5.89 Å². The number of hydrogen-bond acceptors (Lipinski definition) is 5. The predicted octanol–water partition coefficient (Wildman–Crippen LogP) is 5.34. The van der Waals surface area contributed by atoms with E-state index in [1.165, 1.54) is 0 Å². The highest BCUT2D eigenvalue weighted by molar-refractivity contribution is 9.10. The molecule has 5 nitrogen and oxygen atoms in total. The van der Waals surface area contributed by atoms with E-state index in [1.807, 2.05) is 60.7 Å². The lowest BCUT2D eigenvalue weighted by atomic mass is 10.2. The molecule has 25 heavy (non-hydrogen) atoms. The van der Waals surface area contributed by atoms with Crippen LogP contribution >= 0.6 is 15.9 Å². The van der Waals surface area contributed by atoms with Gasteiger partial charge in [0, 0.05) is 10.0 Å². The van der Waals surface area contributed by atoms with Crippen LogP contribution in [0.5, 0.6) is 5.75 Å². The van der Waals surface area contributed by atoms with E-state index in [4.69, 9.17) is 13.6 Å². The second-order valence-corrected chi connectivity index (χ2v) is 6.20. The highest BCUT2D eigenvalue weighted by Gasteiger charge is 2.14. The summed E-state index contributed by atoms with van der Waals surface area (Å²) in [5.41, 5.74) is 0.867. The van der Waals surface area contributed by atoms with Crippen molar-refractivity contribution < 1.29 is 13.6 Å². The molecule has 0 spiro atoms. The van der Waals surface area contributed by atoms with E-state index >= 15 is 0 Å². The zero-order chi connectivity index (χ0) is 17.1. The van der Waals surface area contributed by atoms with Crippen LogP contribution in [0.3, 0.4) is 0 Å². The van der Waals surface area contributed by atoms with Gasteiger partial charge in [-0.15, -0.1) is 10.2 Å². The standard InChI is InChI=1S/C19H13BrN2O3/c20-14-6-8-15(9-7-14)23-12-16-10-11-17(24-16)19-22-21-18(25-19)13-4-2-1-3-5-13/h1-11H,12H2. The van der Waals surface area contributed by atoms with Crippen LogP contribution in [0.15, 0.2) is 80.0 Å². The van der Waals surface area contributed by atoms with Crippen LogP contribution in [0, 0.1) is 0 Å². The van der Waals surface area contributed by atoms with Crippen LogP contribution < -0.4 is 4.74 Å². The lowest BCUT2D eigenvalue weighted by Gasteiger charge is -2.03. The zero-order valence-electron chi connectivity index (χ0n) is 13.1. The fourth-order valence-corrected chi connectivity index (χ4v) is 2.54. The van der Waals surface area contributed by atoms with Gasteiger partial charge in [0.1, 0.15) is 18.1 Å². The maximum absolute atomic E-state index is 5.73. The summed E-state index contributed by atoms with van der Waals surface area (Å²) in [4.78, 5) is 0. The summed E-state index contributed by atoms with van der Waals surface area (Å²) in [5.74, 6) is 2.76. The van der Waals surface area contributed by atoms with E-state index in [0.29, 0.717) is 29.9 Å². The summed E-state index contributed by atoms with van der Waals surface area (Å²) in [5, 5.41) is 8.11. The van der Waals surface area contributed by atoms with Crippen LogP contribution in [-0.4, -0.2) is 10.2 Å². The van der Waals surface area contributed by atoms with E-state index < -0.39 is 0 Å². The lowest BCUT2D eigenvalue weighted by Crippen LogP contribution is -1.93. The summed E-state index contributed by atoms with van der Waals surface area (Å²) >= 11 is 3.39. The van der Waals surface area contributed by atoms with Crippen LogP contribution in [0.25, 0.3) is 23.1 Å². The van der Waals surface area contributed by atoms with Gasteiger partial charge in [0.25, 0.3) is 5.89 Å².